The van der Waals surface area contributed by atoms with Gasteiger partial charge in [0.05, 0.1) is 18.8 Å². The third-order valence-corrected chi connectivity index (χ3v) is 2.92. The molecule has 0 saturated heterocycles. The SMILES string of the molecule is CCCC(COC)Nc1nncc2ccccc12. The fraction of sp³-hybridized carbons (Fsp3) is 0.429. The van der Waals surface area contributed by atoms with Crippen LogP contribution >= 0.6 is 0 Å². The number of hydrogen-bond acceptors (Lipinski definition) is 4. The Morgan fingerprint density at radius 2 is 2.17 bits per heavy atom. The molecule has 1 aromatic carbocycles. The Morgan fingerprint density at radius 3 is 2.94 bits per heavy atom. The molecule has 96 valence electrons. The van der Waals surface area contributed by atoms with Crippen LogP contribution in [-0.2, 0) is 4.74 Å². The normalized spacial score (nSPS) is 12.6. The number of ether oxygens (including phenoxy) is 1. The molecule has 4 nitrogen and oxygen atoms in total. The highest BCUT2D eigenvalue weighted by Crippen LogP contribution is 2.20. The van der Waals surface area contributed by atoms with E-state index in [4.69, 9.17) is 4.74 Å². The number of anilines is 1. The molecule has 0 spiro atoms. The number of methoxy groups -OCH3 is 1. The maximum absolute atomic E-state index is 5.23. The minimum absolute atomic E-state index is 0.278. The Bertz CT molecular complexity index is 490. The van der Waals surface area contributed by atoms with Crippen molar-refractivity contribution in [1.82, 2.24) is 10.2 Å². The summed E-state index contributed by atoms with van der Waals surface area (Å²) in [5.74, 6) is 0.837. The van der Waals surface area contributed by atoms with E-state index in [1.165, 1.54) is 0 Å². The van der Waals surface area contributed by atoms with Crippen molar-refractivity contribution in [2.24, 2.45) is 0 Å². The van der Waals surface area contributed by atoms with Crippen LogP contribution in [0.2, 0.25) is 0 Å². The summed E-state index contributed by atoms with van der Waals surface area (Å²) in [6, 6.07) is 8.40. The minimum Gasteiger partial charge on any atom is -0.383 e. The lowest BCUT2D eigenvalue weighted by molar-refractivity contribution is 0.182. The average Bonchev–Trinajstić information content (AvgIpc) is 2.40. The zero-order chi connectivity index (χ0) is 12.8. The summed E-state index contributed by atoms with van der Waals surface area (Å²) in [5.41, 5.74) is 0. The molecule has 0 aliphatic rings. The molecule has 2 aromatic rings. The van der Waals surface area contributed by atoms with Crippen molar-refractivity contribution >= 4 is 16.6 Å². The van der Waals surface area contributed by atoms with Gasteiger partial charge in [0.15, 0.2) is 5.82 Å². The van der Waals surface area contributed by atoms with Crippen LogP contribution in [-0.4, -0.2) is 30.0 Å². The molecule has 18 heavy (non-hydrogen) atoms. The first-order valence-electron chi connectivity index (χ1n) is 6.31. The van der Waals surface area contributed by atoms with Gasteiger partial charge in [0.1, 0.15) is 0 Å². The van der Waals surface area contributed by atoms with Crippen molar-refractivity contribution in [2.75, 3.05) is 19.0 Å². The van der Waals surface area contributed by atoms with E-state index >= 15 is 0 Å². The highest BCUT2D eigenvalue weighted by Gasteiger charge is 2.10. The summed E-state index contributed by atoms with van der Waals surface area (Å²) in [5, 5.41) is 13.9. The lowest BCUT2D eigenvalue weighted by Crippen LogP contribution is -2.25. The average molecular weight is 245 g/mol. The number of nitrogens with one attached hydrogen (secondary N) is 1. The molecular formula is C14H19N3O. The Kier molecular flexibility index (Phi) is 4.47. The van der Waals surface area contributed by atoms with Crippen LogP contribution in [0.15, 0.2) is 30.5 Å². The molecule has 0 aliphatic carbocycles. The minimum atomic E-state index is 0.278. The zero-order valence-corrected chi connectivity index (χ0v) is 10.9. The van der Waals surface area contributed by atoms with Gasteiger partial charge in [0, 0.05) is 17.9 Å². The molecule has 1 unspecified atom stereocenters. The van der Waals surface area contributed by atoms with Gasteiger partial charge in [-0.25, -0.2) is 0 Å². The third kappa shape index (κ3) is 2.96. The van der Waals surface area contributed by atoms with Gasteiger partial charge < -0.3 is 10.1 Å². The highest BCUT2D eigenvalue weighted by molar-refractivity contribution is 5.90. The van der Waals surface area contributed by atoms with E-state index in [0.29, 0.717) is 6.61 Å². The number of fused-ring (bicyclic) bond motifs is 1. The molecule has 0 radical (unpaired) electrons. The second-order valence-electron chi connectivity index (χ2n) is 4.37. The number of benzene rings is 1. The molecule has 0 bridgehead atoms. The second-order valence-corrected chi connectivity index (χ2v) is 4.37. The molecule has 0 saturated carbocycles. The summed E-state index contributed by atoms with van der Waals surface area (Å²) >= 11 is 0. The number of hydrogen-bond donors (Lipinski definition) is 1. The fourth-order valence-electron chi connectivity index (χ4n) is 2.07. The van der Waals surface area contributed by atoms with Crippen molar-refractivity contribution in [3.63, 3.8) is 0 Å². The van der Waals surface area contributed by atoms with Crippen molar-refractivity contribution < 1.29 is 4.74 Å². The maximum atomic E-state index is 5.23. The van der Waals surface area contributed by atoms with Crippen molar-refractivity contribution in [3.05, 3.63) is 30.5 Å². The van der Waals surface area contributed by atoms with Gasteiger partial charge in [-0.1, -0.05) is 37.6 Å². The topological polar surface area (TPSA) is 47.0 Å². The summed E-state index contributed by atoms with van der Waals surface area (Å²) < 4.78 is 5.23. The van der Waals surface area contributed by atoms with Crippen LogP contribution in [0, 0.1) is 0 Å². The van der Waals surface area contributed by atoms with Gasteiger partial charge in [-0.2, -0.15) is 5.10 Å². The highest BCUT2D eigenvalue weighted by atomic mass is 16.5. The van der Waals surface area contributed by atoms with Crippen LogP contribution in [0.4, 0.5) is 5.82 Å². The van der Waals surface area contributed by atoms with Gasteiger partial charge in [-0.3, -0.25) is 0 Å². The molecule has 0 amide bonds. The largest absolute Gasteiger partial charge is 0.383 e. The summed E-state index contributed by atoms with van der Waals surface area (Å²) in [4.78, 5) is 0. The van der Waals surface area contributed by atoms with E-state index in [-0.39, 0.29) is 6.04 Å². The van der Waals surface area contributed by atoms with E-state index in [1.54, 1.807) is 13.3 Å². The third-order valence-electron chi connectivity index (χ3n) is 2.92. The quantitative estimate of drug-likeness (QED) is 0.850. The molecule has 1 heterocycles. The van der Waals surface area contributed by atoms with Gasteiger partial charge >= 0.3 is 0 Å². The van der Waals surface area contributed by atoms with E-state index in [0.717, 1.165) is 29.4 Å². The van der Waals surface area contributed by atoms with Crippen LogP contribution in [0.1, 0.15) is 19.8 Å². The first kappa shape index (κ1) is 12.8. The van der Waals surface area contributed by atoms with E-state index in [1.807, 2.05) is 18.2 Å². The maximum Gasteiger partial charge on any atom is 0.156 e. The lowest BCUT2D eigenvalue weighted by atomic mass is 10.1. The number of aromatic nitrogens is 2. The van der Waals surface area contributed by atoms with Crippen LogP contribution < -0.4 is 5.32 Å². The van der Waals surface area contributed by atoms with Crippen molar-refractivity contribution in [3.8, 4) is 0 Å². The number of rotatable bonds is 6. The van der Waals surface area contributed by atoms with Gasteiger partial charge in [-0.15, -0.1) is 5.10 Å². The standard InChI is InChI=1S/C14H19N3O/c1-3-6-12(10-18-2)16-14-13-8-5-4-7-11(13)9-15-17-14/h4-5,7-9,12H,3,6,10H2,1-2H3,(H,16,17). The Hall–Kier alpha value is -1.68. The molecule has 2 rings (SSSR count). The van der Waals surface area contributed by atoms with E-state index < -0.39 is 0 Å². The van der Waals surface area contributed by atoms with Crippen LogP contribution in [0.5, 0.6) is 0 Å². The van der Waals surface area contributed by atoms with Gasteiger partial charge in [-0.05, 0) is 6.42 Å². The first-order chi connectivity index (χ1) is 8.85. The fourth-order valence-corrected chi connectivity index (χ4v) is 2.07. The van der Waals surface area contributed by atoms with Gasteiger partial charge in [0.25, 0.3) is 0 Å². The lowest BCUT2D eigenvalue weighted by Gasteiger charge is -2.18. The van der Waals surface area contributed by atoms with Gasteiger partial charge in [0.2, 0.25) is 0 Å². The smallest absolute Gasteiger partial charge is 0.156 e. The molecule has 0 aliphatic heterocycles. The summed E-state index contributed by atoms with van der Waals surface area (Å²) in [6.45, 7) is 2.85. The predicted octanol–water partition coefficient (Wildman–Crippen LogP) is 2.86. The Morgan fingerprint density at radius 1 is 1.33 bits per heavy atom. The monoisotopic (exact) mass is 245 g/mol. The predicted molar refractivity (Wildman–Crippen MR) is 73.7 cm³/mol. The molecule has 1 aromatic heterocycles. The summed E-state index contributed by atoms with van der Waals surface area (Å²) in [6.07, 6.45) is 3.95. The van der Waals surface area contributed by atoms with Crippen molar-refractivity contribution in [1.29, 1.82) is 0 Å². The molecule has 1 N–H and O–H groups in total. The zero-order valence-electron chi connectivity index (χ0n) is 10.9. The number of nitrogens with zero attached hydrogens (tertiary/aromatic N) is 2. The first-order valence-corrected chi connectivity index (χ1v) is 6.31. The summed E-state index contributed by atoms with van der Waals surface area (Å²) in [7, 11) is 1.72. The second kappa shape index (κ2) is 6.31. The Balaban J connectivity index is 2.24. The Labute approximate surface area is 107 Å². The van der Waals surface area contributed by atoms with Crippen LogP contribution in [0.3, 0.4) is 0 Å². The molecule has 0 fully saturated rings. The molecular weight excluding hydrogens is 226 g/mol. The molecule has 1 atom stereocenters. The van der Waals surface area contributed by atoms with Crippen molar-refractivity contribution in [2.45, 2.75) is 25.8 Å². The van der Waals surface area contributed by atoms with Crippen LogP contribution in [0.25, 0.3) is 10.8 Å². The van der Waals surface area contributed by atoms with E-state index in [2.05, 4.69) is 28.5 Å². The van der Waals surface area contributed by atoms with E-state index in [9.17, 15) is 0 Å². The molecule has 4 heteroatoms.